The van der Waals surface area contributed by atoms with E-state index in [0.717, 1.165) is 40.9 Å². The smallest absolute Gasteiger partial charge is 0.309 e. The van der Waals surface area contributed by atoms with Crippen LogP contribution in [0.1, 0.15) is 47.3 Å². The molecule has 176 valence electrons. The summed E-state index contributed by atoms with van der Waals surface area (Å²) in [5.74, 6) is -0.869. The number of hydrogen-bond acceptors (Lipinski definition) is 4. The highest BCUT2D eigenvalue weighted by Crippen LogP contribution is 2.48. The minimum atomic E-state index is -0.578. The SMILES string of the molecule is CC(=O)Oc1c(-c2ccc(NC(=O)c3ccccc3F)cc2)c(C2CC2)nn1-c1ccccc1C. The van der Waals surface area contributed by atoms with Crippen molar-refractivity contribution in [1.29, 1.82) is 0 Å². The van der Waals surface area contributed by atoms with Crippen LogP contribution in [0.2, 0.25) is 0 Å². The van der Waals surface area contributed by atoms with Crippen LogP contribution in [0.15, 0.2) is 72.8 Å². The number of nitrogens with zero attached hydrogens (tertiary/aromatic N) is 2. The van der Waals surface area contributed by atoms with Crippen LogP contribution in [0.25, 0.3) is 16.8 Å². The molecule has 0 unspecified atom stereocenters. The Morgan fingerprint density at radius 3 is 2.34 bits per heavy atom. The van der Waals surface area contributed by atoms with Crippen molar-refractivity contribution in [3.63, 3.8) is 0 Å². The number of ether oxygens (including phenoxy) is 1. The van der Waals surface area contributed by atoms with Crippen molar-refractivity contribution in [2.24, 2.45) is 0 Å². The van der Waals surface area contributed by atoms with Crippen LogP contribution in [0.5, 0.6) is 5.88 Å². The van der Waals surface area contributed by atoms with E-state index in [0.29, 0.717) is 17.5 Å². The number of anilines is 1. The van der Waals surface area contributed by atoms with Crippen LogP contribution in [0.4, 0.5) is 10.1 Å². The minimum absolute atomic E-state index is 0.0238. The third-order valence-electron chi connectivity index (χ3n) is 5.97. The van der Waals surface area contributed by atoms with Gasteiger partial charge in [-0.15, -0.1) is 0 Å². The molecule has 5 rings (SSSR count). The zero-order chi connectivity index (χ0) is 24.5. The molecule has 1 fully saturated rings. The van der Waals surface area contributed by atoms with Crippen molar-refractivity contribution < 1.29 is 18.7 Å². The Kier molecular flexibility index (Phi) is 5.91. The molecular formula is C28H24FN3O3. The number of carbonyl (C=O) groups excluding carboxylic acids is 2. The molecule has 35 heavy (non-hydrogen) atoms. The maximum atomic E-state index is 14.0. The summed E-state index contributed by atoms with van der Waals surface area (Å²) in [6, 6.07) is 20.8. The number of benzene rings is 3. The lowest BCUT2D eigenvalue weighted by atomic mass is 10.0. The van der Waals surface area contributed by atoms with Crippen LogP contribution >= 0.6 is 0 Å². The van der Waals surface area contributed by atoms with E-state index in [1.807, 2.05) is 43.3 Å². The van der Waals surface area contributed by atoms with Crippen molar-refractivity contribution in [1.82, 2.24) is 9.78 Å². The Morgan fingerprint density at radius 2 is 1.69 bits per heavy atom. The molecule has 6 nitrogen and oxygen atoms in total. The fraction of sp³-hybridized carbons (Fsp3) is 0.179. The van der Waals surface area contributed by atoms with Gasteiger partial charge in [-0.2, -0.15) is 9.78 Å². The summed E-state index contributed by atoms with van der Waals surface area (Å²) >= 11 is 0. The van der Waals surface area contributed by atoms with Gasteiger partial charge in [0.05, 0.1) is 22.5 Å². The molecule has 1 N–H and O–H groups in total. The molecule has 1 amide bonds. The Balaban J connectivity index is 1.54. The van der Waals surface area contributed by atoms with Crippen LogP contribution < -0.4 is 10.1 Å². The maximum Gasteiger partial charge on any atom is 0.309 e. The Morgan fingerprint density at radius 1 is 1.00 bits per heavy atom. The summed E-state index contributed by atoms with van der Waals surface area (Å²) in [6.07, 6.45) is 2.04. The van der Waals surface area contributed by atoms with E-state index >= 15 is 0 Å². The summed E-state index contributed by atoms with van der Waals surface area (Å²) in [7, 11) is 0. The first-order chi connectivity index (χ1) is 16.9. The molecule has 1 aliphatic carbocycles. The number of rotatable bonds is 6. The van der Waals surface area contributed by atoms with E-state index in [1.54, 1.807) is 22.9 Å². The molecular weight excluding hydrogens is 445 g/mol. The number of carbonyl (C=O) groups is 2. The fourth-order valence-electron chi connectivity index (χ4n) is 4.09. The van der Waals surface area contributed by atoms with Crippen LogP contribution in [-0.2, 0) is 4.79 Å². The van der Waals surface area contributed by atoms with Crippen molar-refractivity contribution in [3.8, 4) is 22.7 Å². The number of halogens is 1. The molecule has 1 heterocycles. The quantitative estimate of drug-likeness (QED) is 0.349. The third-order valence-corrected chi connectivity index (χ3v) is 5.97. The number of para-hydroxylation sites is 1. The molecule has 0 aliphatic heterocycles. The van der Waals surface area contributed by atoms with Gasteiger partial charge in [0.1, 0.15) is 5.82 Å². The average molecular weight is 470 g/mol. The number of esters is 1. The molecule has 4 aromatic rings. The molecule has 0 spiro atoms. The van der Waals surface area contributed by atoms with Crippen molar-refractivity contribution in [2.75, 3.05) is 5.32 Å². The largest absolute Gasteiger partial charge is 0.407 e. The molecule has 1 saturated carbocycles. The zero-order valence-corrected chi connectivity index (χ0v) is 19.4. The number of aryl methyl sites for hydroxylation is 1. The van der Waals surface area contributed by atoms with Gasteiger partial charge in [0.25, 0.3) is 5.91 Å². The van der Waals surface area contributed by atoms with E-state index in [9.17, 15) is 14.0 Å². The van der Waals surface area contributed by atoms with Gasteiger partial charge < -0.3 is 10.1 Å². The van der Waals surface area contributed by atoms with Gasteiger partial charge in [-0.1, -0.05) is 42.5 Å². The van der Waals surface area contributed by atoms with Crippen molar-refractivity contribution >= 4 is 17.6 Å². The van der Waals surface area contributed by atoms with Crippen molar-refractivity contribution in [3.05, 3.63) is 95.4 Å². The predicted molar refractivity (Wildman–Crippen MR) is 131 cm³/mol. The molecule has 1 aromatic heterocycles. The Labute approximate surface area is 202 Å². The lowest BCUT2D eigenvalue weighted by molar-refractivity contribution is -0.132. The topological polar surface area (TPSA) is 73.2 Å². The normalized spacial score (nSPS) is 12.9. The van der Waals surface area contributed by atoms with Gasteiger partial charge in [0.15, 0.2) is 0 Å². The van der Waals surface area contributed by atoms with E-state index < -0.39 is 17.7 Å². The monoisotopic (exact) mass is 469 g/mol. The standard InChI is InChI=1S/C28H24FN3O3/c1-17-7-3-6-10-24(17)32-28(35-18(2)33)25(26(31-32)20-11-12-20)19-13-15-21(16-14-19)30-27(34)22-8-4-5-9-23(22)29/h3-10,13-16,20H,11-12H2,1-2H3,(H,30,34). The average Bonchev–Trinajstić information content (AvgIpc) is 3.62. The molecule has 7 heteroatoms. The fourth-order valence-corrected chi connectivity index (χ4v) is 4.09. The summed E-state index contributed by atoms with van der Waals surface area (Å²) in [5, 5.41) is 7.61. The highest BCUT2D eigenvalue weighted by atomic mass is 19.1. The van der Waals surface area contributed by atoms with Crippen LogP contribution in [0.3, 0.4) is 0 Å². The lowest BCUT2D eigenvalue weighted by Crippen LogP contribution is -2.13. The van der Waals surface area contributed by atoms with Crippen LogP contribution in [0, 0.1) is 12.7 Å². The second kappa shape index (κ2) is 9.18. The van der Waals surface area contributed by atoms with Crippen molar-refractivity contribution in [2.45, 2.75) is 32.6 Å². The summed E-state index contributed by atoms with van der Waals surface area (Å²) < 4.78 is 21.4. The molecule has 3 aromatic carbocycles. The molecule has 0 atom stereocenters. The van der Waals surface area contributed by atoms with Gasteiger partial charge in [0.2, 0.25) is 5.88 Å². The second-order valence-corrected chi connectivity index (χ2v) is 8.64. The van der Waals surface area contributed by atoms with E-state index in [2.05, 4.69) is 5.32 Å². The number of hydrogen-bond donors (Lipinski definition) is 1. The first kappa shape index (κ1) is 22.5. The van der Waals surface area contributed by atoms with Gasteiger partial charge >= 0.3 is 5.97 Å². The van der Waals surface area contributed by atoms with E-state index in [-0.39, 0.29) is 5.56 Å². The molecule has 1 aliphatic rings. The number of amides is 1. The van der Waals surface area contributed by atoms with Gasteiger partial charge in [-0.25, -0.2) is 4.39 Å². The third kappa shape index (κ3) is 4.57. The zero-order valence-electron chi connectivity index (χ0n) is 19.4. The Hall–Kier alpha value is -4.26. The number of aromatic nitrogens is 2. The first-order valence-electron chi connectivity index (χ1n) is 11.5. The van der Waals surface area contributed by atoms with Crippen LogP contribution in [-0.4, -0.2) is 21.7 Å². The molecule has 0 saturated heterocycles. The highest BCUT2D eigenvalue weighted by molar-refractivity contribution is 6.04. The highest BCUT2D eigenvalue weighted by Gasteiger charge is 2.34. The first-order valence-corrected chi connectivity index (χ1v) is 11.5. The van der Waals surface area contributed by atoms with Gasteiger partial charge in [-0.05, 0) is 61.2 Å². The second-order valence-electron chi connectivity index (χ2n) is 8.64. The van der Waals surface area contributed by atoms with Gasteiger partial charge in [0, 0.05) is 18.5 Å². The predicted octanol–water partition coefficient (Wildman–Crippen LogP) is 6.04. The molecule has 0 radical (unpaired) electrons. The summed E-state index contributed by atoms with van der Waals surface area (Å²) in [4.78, 5) is 24.5. The number of nitrogens with one attached hydrogen (secondary N) is 1. The van der Waals surface area contributed by atoms with Gasteiger partial charge in [-0.3, -0.25) is 9.59 Å². The Bertz CT molecular complexity index is 1420. The maximum absolute atomic E-state index is 14.0. The van der Waals surface area contributed by atoms with E-state index in [4.69, 9.17) is 9.84 Å². The van der Waals surface area contributed by atoms with E-state index in [1.165, 1.54) is 25.1 Å². The summed E-state index contributed by atoms with van der Waals surface area (Å²) in [5.41, 5.74) is 4.80. The minimum Gasteiger partial charge on any atom is -0.407 e. The lowest BCUT2D eigenvalue weighted by Gasteiger charge is -2.12. The molecule has 0 bridgehead atoms. The summed E-state index contributed by atoms with van der Waals surface area (Å²) in [6.45, 7) is 3.36.